The summed E-state index contributed by atoms with van der Waals surface area (Å²) in [7, 11) is 0. The molecule has 49 heavy (non-hydrogen) atoms. The summed E-state index contributed by atoms with van der Waals surface area (Å²) in [6, 6.07) is 31.9. The van der Waals surface area contributed by atoms with Crippen molar-refractivity contribution >= 4 is 32.3 Å². The third-order valence-electron chi connectivity index (χ3n) is 8.18. The molecule has 0 bridgehead atoms. The van der Waals surface area contributed by atoms with Crippen molar-refractivity contribution in [3.8, 4) is 22.5 Å². The van der Waals surface area contributed by atoms with E-state index in [1.165, 1.54) is 27.1 Å². The zero-order valence-corrected chi connectivity index (χ0v) is 30.6. The fourth-order valence-electron chi connectivity index (χ4n) is 5.78. The number of rotatable bonds is 2. The van der Waals surface area contributed by atoms with Gasteiger partial charge in [-0.1, -0.05) is 126 Å². The van der Waals surface area contributed by atoms with Crippen LogP contribution in [0, 0.1) is 39.5 Å². The standard InChI is InChI=1S/C30H29N2.C14H15N2.Ir/c1-29(2,3)26-18-22(15-21-13-9-10-14-23(21)26)27-24-16-19-11-7-8-12-20(19)17-25(24)28(32-31-27)30(4,5)6;1-9-7-14(15-8-10(9)2)13-6-5-11(3)16-12(13)4;/h7-14,16-18H,1-6H3;5,7-8H,1-4H3;/q2*-1;/i;1D3,2D3,3D3,4D3;. The van der Waals surface area contributed by atoms with E-state index in [-0.39, 0.29) is 42.2 Å². The minimum Gasteiger partial charge on any atom is -0.354 e. The zero-order chi connectivity index (χ0) is 44.4. The molecular weight excluding hydrogens is 777 g/mol. The summed E-state index contributed by atoms with van der Waals surface area (Å²) in [4.78, 5) is 7.59. The van der Waals surface area contributed by atoms with Crippen LogP contribution in [0.1, 0.15) is 91.8 Å². The van der Waals surface area contributed by atoms with Gasteiger partial charge in [0.05, 0.1) is 5.69 Å². The van der Waals surface area contributed by atoms with E-state index in [9.17, 15) is 0 Å². The fourth-order valence-corrected chi connectivity index (χ4v) is 5.78. The van der Waals surface area contributed by atoms with E-state index >= 15 is 0 Å². The van der Waals surface area contributed by atoms with Crippen LogP contribution < -0.4 is 0 Å². The van der Waals surface area contributed by atoms with Crippen molar-refractivity contribution < 1.29 is 36.6 Å². The second kappa shape index (κ2) is 13.9. The van der Waals surface area contributed by atoms with Gasteiger partial charge >= 0.3 is 0 Å². The Labute approximate surface area is 321 Å². The molecule has 251 valence electrons. The van der Waals surface area contributed by atoms with E-state index in [0.717, 1.165) is 46.1 Å². The SMILES string of the molecule is CC(C)(C)c1cc(-c2nnc(C(C)(C)C)c3cc4ccccc4cc23)[c-]c2ccccc12.[2H]C([2H])([2H])c1c[c-]c(-c2cc(C([2H])([2H])[2H])c(C([2H])([2H])[2H])cn2)c(C([2H])([2H])[2H])n1.[Ir]. The Bertz CT molecular complexity index is 2740. The minimum absolute atomic E-state index is 0. The van der Waals surface area contributed by atoms with Crippen LogP contribution in [0.15, 0.2) is 85.1 Å². The van der Waals surface area contributed by atoms with Gasteiger partial charge in [-0.15, -0.1) is 46.8 Å². The first-order chi connectivity index (χ1) is 27.5. The molecule has 0 spiro atoms. The Balaban J connectivity index is 0.000000230. The van der Waals surface area contributed by atoms with Gasteiger partial charge in [0.25, 0.3) is 0 Å². The molecule has 0 unspecified atom stereocenters. The molecule has 0 aliphatic carbocycles. The van der Waals surface area contributed by atoms with Gasteiger partial charge < -0.3 is 9.97 Å². The number of pyridine rings is 2. The molecule has 3 heterocycles. The van der Waals surface area contributed by atoms with Crippen molar-refractivity contribution in [3.63, 3.8) is 0 Å². The van der Waals surface area contributed by atoms with E-state index in [1.54, 1.807) is 0 Å². The van der Waals surface area contributed by atoms with Crippen LogP contribution in [0.2, 0.25) is 0 Å². The number of aromatic nitrogens is 4. The maximum absolute atomic E-state index is 7.62. The number of hydrogen-bond donors (Lipinski definition) is 0. The summed E-state index contributed by atoms with van der Waals surface area (Å²) in [6.45, 7) is 2.34. The van der Waals surface area contributed by atoms with Gasteiger partial charge in [-0.25, -0.2) is 0 Å². The second-order valence-corrected chi connectivity index (χ2v) is 13.9. The molecule has 0 aliphatic rings. The number of aryl methyl sites for hydroxylation is 4. The van der Waals surface area contributed by atoms with E-state index in [2.05, 4.69) is 130 Å². The molecule has 0 saturated carbocycles. The van der Waals surface area contributed by atoms with E-state index in [4.69, 9.17) is 26.6 Å². The molecular formula is C44H44IrN4-2. The van der Waals surface area contributed by atoms with Crippen LogP contribution in [0.3, 0.4) is 0 Å². The number of hydrogen-bond acceptors (Lipinski definition) is 4. The molecule has 0 N–H and O–H groups in total. The molecule has 0 saturated heterocycles. The third-order valence-corrected chi connectivity index (χ3v) is 8.18. The van der Waals surface area contributed by atoms with Gasteiger partial charge in [-0.05, 0) is 64.0 Å². The van der Waals surface area contributed by atoms with Gasteiger partial charge in [0, 0.05) is 59.2 Å². The summed E-state index contributed by atoms with van der Waals surface area (Å²) in [5, 5.41) is 16.7. The van der Waals surface area contributed by atoms with Crippen molar-refractivity contribution in [2.24, 2.45) is 0 Å². The Kier molecular flexibility index (Phi) is 6.57. The minimum atomic E-state index is -2.84. The maximum atomic E-state index is 7.62. The Morgan fingerprint density at radius 1 is 0.694 bits per heavy atom. The normalized spacial score (nSPS) is 16.4. The van der Waals surface area contributed by atoms with Crippen molar-refractivity contribution in [1.82, 2.24) is 20.2 Å². The topological polar surface area (TPSA) is 51.6 Å². The van der Waals surface area contributed by atoms with Gasteiger partial charge in [0.15, 0.2) is 0 Å². The second-order valence-electron chi connectivity index (χ2n) is 13.9. The molecule has 0 fully saturated rings. The van der Waals surface area contributed by atoms with E-state index in [1.807, 2.05) is 0 Å². The van der Waals surface area contributed by atoms with Crippen LogP contribution in [0.4, 0.5) is 0 Å². The van der Waals surface area contributed by atoms with Gasteiger partial charge in [0.1, 0.15) is 0 Å². The summed E-state index contributed by atoms with van der Waals surface area (Å²) in [5.74, 6) is 0. The van der Waals surface area contributed by atoms with Crippen molar-refractivity contribution in [2.75, 3.05) is 0 Å². The van der Waals surface area contributed by atoms with Crippen LogP contribution in [0.5, 0.6) is 0 Å². The molecule has 4 aromatic carbocycles. The predicted octanol–water partition coefficient (Wildman–Crippen LogP) is 11.2. The largest absolute Gasteiger partial charge is 0.354 e. The smallest absolute Gasteiger partial charge is 0.0749 e. The average Bonchev–Trinajstić information content (AvgIpc) is 3.13. The summed E-state index contributed by atoms with van der Waals surface area (Å²) in [5.41, 5.74) is 1.62. The van der Waals surface area contributed by atoms with Crippen molar-refractivity contribution in [3.05, 3.63) is 131 Å². The molecule has 0 atom stereocenters. The van der Waals surface area contributed by atoms with E-state index < -0.39 is 49.9 Å². The first-order valence-corrected chi connectivity index (χ1v) is 15.7. The molecule has 0 amide bonds. The molecule has 3 aromatic heterocycles. The number of nitrogens with zero attached hydrogens (tertiary/aromatic N) is 4. The molecule has 5 heteroatoms. The Morgan fingerprint density at radius 2 is 1.41 bits per heavy atom. The summed E-state index contributed by atoms with van der Waals surface area (Å²) >= 11 is 0. The molecule has 7 rings (SSSR count). The first-order valence-electron chi connectivity index (χ1n) is 21.7. The van der Waals surface area contributed by atoms with E-state index in [0.29, 0.717) is 0 Å². The zero-order valence-electron chi connectivity index (χ0n) is 40.2. The Hall–Kier alpha value is -4.31. The maximum Gasteiger partial charge on any atom is 0.0749 e. The Morgan fingerprint density at radius 3 is 2.08 bits per heavy atom. The fraction of sp³-hybridized carbons (Fsp3) is 0.273. The number of benzene rings is 4. The van der Waals surface area contributed by atoms with Gasteiger partial charge in [-0.3, -0.25) is 0 Å². The molecule has 1 radical (unpaired) electrons. The van der Waals surface area contributed by atoms with Crippen LogP contribution in [-0.2, 0) is 30.9 Å². The molecule has 0 aliphatic heterocycles. The first kappa shape index (κ1) is 23.2. The predicted molar refractivity (Wildman–Crippen MR) is 201 cm³/mol. The van der Waals surface area contributed by atoms with Crippen molar-refractivity contribution in [1.29, 1.82) is 0 Å². The van der Waals surface area contributed by atoms with Crippen molar-refractivity contribution in [2.45, 2.75) is 79.8 Å². The third kappa shape index (κ3) is 7.49. The van der Waals surface area contributed by atoms with Gasteiger partial charge in [0.2, 0.25) is 0 Å². The summed E-state index contributed by atoms with van der Waals surface area (Å²) < 4.78 is 90.2. The quantitative estimate of drug-likeness (QED) is 0.129. The molecule has 7 aromatic rings. The van der Waals surface area contributed by atoms with Crippen LogP contribution in [-0.4, -0.2) is 20.2 Å². The van der Waals surface area contributed by atoms with Crippen LogP contribution in [0.25, 0.3) is 54.8 Å². The number of fused-ring (bicyclic) bond motifs is 3. The average molecular weight is 833 g/mol. The monoisotopic (exact) mass is 833 g/mol. The van der Waals surface area contributed by atoms with Crippen LogP contribution >= 0.6 is 0 Å². The summed E-state index contributed by atoms with van der Waals surface area (Å²) in [6.07, 6.45) is 0.846. The molecule has 4 nitrogen and oxygen atoms in total. The van der Waals surface area contributed by atoms with Gasteiger partial charge in [-0.2, -0.15) is 10.2 Å².